The molecule has 0 bridgehead atoms. The Bertz CT molecular complexity index is 1240. The molecule has 0 aliphatic rings. The van der Waals surface area contributed by atoms with E-state index in [4.69, 9.17) is 11.6 Å². The van der Waals surface area contributed by atoms with Crippen LogP contribution in [0.4, 0.5) is 16.6 Å². The Balaban J connectivity index is 1.45. The molecule has 4 aromatic rings. The maximum atomic E-state index is 12.3. The van der Waals surface area contributed by atoms with Gasteiger partial charge in [0.05, 0.1) is 23.8 Å². The third-order valence-electron chi connectivity index (χ3n) is 4.02. The van der Waals surface area contributed by atoms with Gasteiger partial charge >= 0.3 is 0 Å². The molecule has 3 heterocycles. The first-order valence-electron chi connectivity index (χ1n) is 8.68. The third kappa shape index (κ3) is 4.75. The van der Waals surface area contributed by atoms with E-state index in [9.17, 15) is 8.42 Å². The Hall–Kier alpha value is -3.02. The van der Waals surface area contributed by atoms with Gasteiger partial charge in [-0.25, -0.2) is 15.0 Å². The summed E-state index contributed by atoms with van der Waals surface area (Å²) >= 11 is 7.09. The number of halogens is 1. The molecule has 0 fully saturated rings. The van der Waals surface area contributed by atoms with E-state index in [-0.39, 0.29) is 10.3 Å². The number of aromatic nitrogens is 5. The molecule has 2 N–H and O–H groups in total. The molecule has 0 amide bonds. The largest absolute Gasteiger partial charge is 0.338 e. The second-order valence-electron chi connectivity index (χ2n) is 6.27. The first-order chi connectivity index (χ1) is 14.4. The molecule has 4 rings (SSSR count). The topological polar surface area (TPSA) is 115 Å². The summed E-state index contributed by atoms with van der Waals surface area (Å²) < 4.78 is 28.6. The quantitative estimate of drug-likeness (QED) is 0.405. The van der Waals surface area contributed by atoms with E-state index in [2.05, 4.69) is 30.1 Å². The fraction of sp³-hybridized carbons (Fsp3) is 0.111. The summed E-state index contributed by atoms with van der Waals surface area (Å²) in [5.74, 6) is 0.721. The summed E-state index contributed by atoms with van der Waals surface area (Å²) in [6.45, 7) is 0. The van der Waals surface area contributed by atoms with Gasteiger partial charge in [-0.3, -0.25) is 9.40 Å². The second-order valence-corrected chi connectivity index (χ2v) is 9.18. The molecule has 0 spiro atoms. The summed E-state index contributed by atoms with van der Waals surface area (Å²) in [4.78, 5) is 11.8. The van der Waals surface area contributed by atoms with Crippen LogP contribution in [0.15, 0.2) is 59.5 Å². The van der Waals surface area contributed by atoms with Crippen LogP contribution in [0.2, 0.25) is 5.02 Å². The van der Waals surface area contributed by atoms with Crippen molar-refractivity contribution in [1.82, 2.24) is 24.7 Å². The van der Waals surface area contributed by atoms with Crippen LogP contribution in [0.25, 0.3) is 0 Å². The SMILES string of the molecule is Cn1nc(Cc2ccc(Cl)cc2)cc1Nc1cnc(S(=O)(=O)Nc2nccs2)nc1. The Morgan fingerprint density at radius 3 is 2.53 bits per heavy atom. The van der Waals surface area contributed by atoms with Crippen LogP contribution in [-0.2, 0) is 23.5 Å². The van der Waals surface area contributed by atoms with Gasteiger partial charge in [0.15, 0.2) is 5.13 Å². The van der Waals surface area contributed by atoms with Crippen molar-refractivity contribution in [3.8, 4) is 0 Å². The zero-order valence-electron chi connectivity index (χ0n) is 15.7. The molecule has 9 nitrogen and oxygen atoms in total. The number of nitrogens with one attached hydrogen (secondary N) is 2. The maximum absolute atomic E-state index is 12.3. The van der Waals surface area contributed by atoms with Gasteiger partial charge in [-0.15, -0.1) is 11.3 Å². The van der Waals surface area contributed by atoms with Crippen LogP contribution in [-0.4, -0.2) is 33.2 Å². The molecule has 1 aromatic carbocycles. The summed E-state index contributed by atoms with van der Waals surface area (Å²) in [6, 6.07) is 9.50. The van der Waals surface area contributed by atoms with Crippen molar-refractivity contribution in [1.29, 1.82) is 0 Å². The Morgan fingerprint density at radius 2 is 1.87 bits per heavy atom. The predicted octanol–water partition coefficient (Wildman–Crippen LogP) is 3.46. The van der Waals surface area contributed by atoms with Gasteiger partial charge in [-0.2, -0.15) is 13.5 Å². The van der Waals surface area contributed by atoms with Crippen molar-refractivity contribution in [3.63, 3.8) is 0 Å². The minimum atomic E-state index is -3.89. The lowest BCUT2D eigenvalue weighted by molar-refractivity contribution is 0.592. The van der Waals surface area contributed by atoms with Crippen molar-refractivity contribution in [2.24, 2.45) is 7.05 Å². The number of rotatable bonds is 7. The minimum absolute atomic E-state index is 0.254. The molecular weight excluding hydrogens is 446 g/mol. The van der Waals surface area contributed by atoms with E-state index >= 15 is 0 Å². The number of nitrogens with zero attached hydrogens (tertiary/aromatic N) is 5. The standard InChI is InChI=1S/C18H16ClN7O2S2/c1-26-16(9-14(24-26)8-12-2-4-13(19)5-3-12)23-15-10-21-18(22-11-15)30(27,28)25-17-20-6-7-29-17/h2-7,9-11,23H,8H2,1H3,(H,20,25). The van der Waals surface area contributed by atoms with Crippen LogP contribution in [0.5, 0.6) is 0 Å². The number of hydrogen-bond acceptors (Lipinski definition) is 8. The van der Waals surface area contributed by atoms with E-state index in [1.807, 2.05) is 37.4 Å². The predicted molar refractivity (Wildman–Crippen MR) is 116 cm³/mol. The van der Waals surface area contributed by atoms with Crippen LogP contribution in [0.3, 0.4) is 0 Å². The molecule has 30 heavy (non-hydrogen) atoms. The normalized spacial score (nSPS) is 11.4. The van der Waals surface area contributed by atoms with Crippen LogP contribution in [0.1, 0.15) is 11.3 Å². The molecule has 154 valence electrons. The van der Waals surface area contributed by atoms with Crippen LogP contribution >= 0.6 is 22.9 Å². The summed E-state index contributed by atoms with van der Waals surface area (Å²) in [7, 11) is -2.08. The smallest absolute Gasteiger partial charge is 0.299 e. The van der Waals surface area contributed by atoms with Crippen LogP contribution < -0.4 is 10.0 Å². The second kappa shape index (κ2) is 8.38. The first kappa shape index (κ1) is 20.3. The lowest BCUT2D eigenvalue weighted by Gasteiger charge is -2.07. The number of thiazole rings is 1. The zero-order valence-corrected chi connectivity index (χ0v) is 18.0. The Labute approximate surface area is 181 Å². The van der Waals surface area contributed by atoms with Gasteiger partial charge in [0, 0.05) is 36.1 Å². The van der Waals surface area contributed by atoms with Crippen molar-refractivity contribution in [2.75, 3.05) is 10.0 Å². The molecule has 0 saturated heterocycles. The van der Waals surface area contributed by atoms with Gasteiger partial charge in [-0.1, -0.05) is 23.7 Å². The molecule has 0 aliphatic heterocycles. The van der Waals surface area contributed by atoms with E-state index < -0.39 is 10.0 Å². The summed E-state index contributed by atoms with van der Waals surface area (Å²) in [6.07, 6.45) is 4.96. The monoisotopic (exact) mass is 461 g/mol. The highest BCUT2D eigenvalue weighted by atomic mass is 35.5. The molecular formula is C18H16ClN7O2S2. The van der Waals surface area contributed by atoms with E-state index in [0.29, 0.717) is 17.1 Å². The van der Waals surface area contributed by atoms with E-state index in [0.717, 1.165) is 17.1 Å². The molecule has 0 saturated carbocycles. The lowest BCUT2D eigenvalue weighted by Crippen LogP contribution is -2.16. The first-order valence-corrected chi connectivity index (χ1v) is 11.4. The molecule has 0 aliphatic carbocycles. The minimum Gasteiger partial charge on any atom is -0.338 e. The molecule has 0 atom stereocenters. The van der Waals surface area contributed by atoms with Gasteiger partial charge in [0.25, 0.3) is 15.2 Å². The molecule has 0 radical (unpaired) electrons. The van der Waals surface area contributed by atoms with Gasteiger partial charge in [0.1, 0.15) is 5.82 Å². The highest BCUT2D eigenvalue weighted by Crippen LogP contribution is 2.20. The fourth-order valence-corrected chi connectivity index (χ4v) is 4.42. The molecule has 0 unspecified atom stereocenters. The summed E-state index contributed by atoms with van der Waals surface area (Å²) in [5.41, 5.74) is 2.49. The van der Waals surface area contributed by atoms with Crippen molar-refractivity contribution < 1.29 is 8.42 Å². The third-order valence-corrected chi connectivity index (χ3v) is 6.25. The highest BCUT2D eigenvalue weighted by Gasteiger charge is 2.19. The van der Waals surface area contributed by atoms with Crippen LogP contribution in [0, 0.1) is 0 Å². The lowest BCUT2D eigenvalue weighted by atomic mass is 10.1. The van der Waals surface area contributed by atoms with Gasteiger partial charge in [0.2, 0.25) is 0 Å². The Morgan fingerprint density at radius 1 is 1.13 bits per heavy atom. The number of hydrogen-bond donors (Lipinski definition) is 2. The number of anilines is 3. The number of aryl methyl sites for hydroxylation is 1. The fourth-order valence-electron chi connectivity index (χ4n) is 2.64. The van der Waals surface area contributed by atoms with Gasteiger partial charge in [-0.05, 0) is 17.7 Å². The van der Waals surface area contributed by atoms with E-state index in [1.54, 1.807) is 10.1 Å². The summed E-state index contributed by atoms with van der Waals surface area (Å²) in [5, 5.41) is 9.91. The maximum Gasteiger partial charge on any atom is 0.299 e. The van der Waals surface area contributed by atoms with Crippen molar-refractivity contribution in [3.05, 3.63) is 70.6 Å². The van der Waals surface area contributed by atoms with Gasteiger partial charge < -0.3 is 5.32 Å². The van der Waals surface area contributed by atoms with Crippen molar-refractivity contribution in [2.45, 2.75) is 11.6 Å². The average Bonchev–Trinajstić information content (AvgIpc) is 3.33. The highest BCUT2D eigenvalue weighted by molar-refractivity contribution is 7.92. The average molecular weight is 462 g/mol. The molecule has 3 aromatic heterocycles. The zero-order chi connectivity index (χ0) is 21.1. The van der Waals surface area contributed by atoms with E-state index in [1.165, 1.54) is 29.9 Å². The Kier molecular flexibility index (Phi) is 5.66. The number of benzene rings is 1. The number of sulfonamides is 1. The van der Waals surface area contributed by atoms with Crippen molar-refractivity contribution >= 4 is 49.6 Å². The molecule has 12 heteroatoms.